The molecule has 0 heterocycles. The third kappa shape index (κ3) is 16.8. The highest BCUT2D eigenvalue weighted by Gasteiger charge is 2.31. The molecular formula is C42H62O2. The van der Waals surface area contributed by atoms with E-state index in [2.05, 4.69) is 168 Å². The predicted molar refractivity (Wildman–Crippen MR) is 196 cm³/mol. The molecule has 0 spiro atoms. The number of aliphatic hydroxyl groups is 2. The molecule has 2 heteroatoms. The van der Waals surface area contributed by atoms with E-state index >= 15 is 0 Å². The van der Waals surface area contributed by atoms with E-state index in [9.17, 15) is 10.2 Å². The van der Waals surface area contributed by atoms with Crippen molar-refractivity contribution in [2.24, 2.45) is 10.8 Å². The molecule has 1 aliphatic rings. The maximum atomic E-state index is 10.4. The van der Waals surface area contributed by atoms with E-state index in [4.69, 9.17) is 0 Å². The van der Waals surface area contributed by atoms with Crippen LogP contribution >= 0.6 is 0 Å². The van der Waals surface area contributed by atoms with Gasteiger partial charge in [-0.1, -0.05) is 159 Å². The smallest absolute Gasteiger partial charge is 0.0585 e. The minimum Gasteiger partial charge on any atom is -0.393 e. The van der Waals surface area contributed by atoms with E-state index in [0.717, 1.165) is 25.7 Å². The summed E-state index contributed by atoms with van der Waals surface area (Å²) in [5.41, 5.74) is 9.98. The Morgan fingerprint density at radius 1 is 0.773 bits per heavy atom. The van der Waals surface area contributed by atoms with Gasteiger partial charge >= 0.3 is 0 Å². The first-order chi connectivity index (χ1) is 20.4. The number of aliphatic hydroxyl groups excluding tert-OH is 2. The molecule has 44 heavy (non-hydrogen) atoms. The molecule has 2 atom stereocenters. The van der Waals surface area contributed by atoms with Crippen LogP contribution in [-0.4, -0.2) is 22.4 Å². The van der Waals surface area contributed by atoms with Crippen molar-refractivity contribution in [3.05, 3.63) is 130 Å². The van der Waals surface area contributed by atoms with Crippen LogP contribution in [-0.2, 0) is 0 Å². The van der Waals surface area contributed by atoms with Gasteiger partial charge in [0.25, 0.3) is 0 Å². The fraction of sp³-hybridized carbons (Fsp3) is 0.476. The maximum absolute atomic E-state index is 10.4. The summed E-state index contributed by atoms with van der Waals surface area (Å²) in [7, 11) is 0. The summed E-state index contributed by atoms with van der Waals surface area (Å²) in [6.07, 6.45) is 32.3. The molecule has 0 saturated heterocycles. The summed E-state index contributed by atoms with van der Waals surface area (Å²) in [5, 5.41) is 20.5. The first-order valence-corrected chi connectivity index (χ1v) is 16.2. The van der Waals surface area contributed by atoms with Gasteiger partial charge in [0, 0.05) is 0 Å². The Kier molecular flexibility index (Phi) is 16.7. The Balaban J connectivity index is 2.66. The van der Waals surface area contributed by atoms with Crippen molar-refractivity contribution in [1.82, 2.24) is 0 Å². The van der Waals surface area contributed by atoms with Gasteiger partial charge in [-0.2, -0.15) is 0 Å². The molecule has 0 aromatic carbocycles. The number of hydrogen-bond donors (Lipinski definition) is 2. The first-order valence-electron chi connectivity index (χ1n) is 16.2. The van der Waals surface area contributed by atoms with Crippen molar-refractivity contribution in [2.75, 3.05) is 0 Å². The molecule has 0 aliphatic heterocycles. The zero-order valence-electron chi connectivity index (χ0n) is 30.0. The van der Waals surface area contributed by atoms with E-state index in [0.29, 0.717) is 0 Å². The lowest BCUT2D eigenvalue weighted by molar-refractivity contribution is 0.116. The molecule has 2 nitrogen and oxygen atoms in total. The van der Waals surface area contributed by atoms with Crippen molar-refractivity contribution in [1.29, 1.82) is 0 Å². The SMILES string of the molecule is CC1=C(/C=C/C(C)=C/C=C/C(C)=C/C=C/C=C(C)/C=C/C=C(C)/C=C/C(C)=C(\C)CC(O)CC(C)(C)C)C(C)(C)CC(O)C1. The fourth-order valence-corrected chi connectivity index (χ4v) is 5.43. The van der Waals surface area contributed by atoms with E-state index < -0.39 is 0 Å². The van der Waals surface area contributed by atoms with Crippen molar-refractivity contribution in [3.8, 4) is 0 Å². The average Bonchev–Trinajstić information content (AvgIpc) is 2.87. The molecule has 1 aliphatic carbocycles. The monoisotopic (exact) mass is 598 g/mol. The Labute approximate surface area is 271 Å². The second-order valence-corrected chi connectivity index (χ2v) is 14.6. The zero-order valence-corrected chi connectivity index (χ0v) is 30.0. The van der Waals surface area contributed by atoms with E-state index in [1.165, 1.54) is 44.6 Å². The first kappa shape index (κ1) is 39.1. The van der Waals surface area contributed by atoms with Gasteiger partial charge in [0.05, 0.1) is 12.2 Å². The minimum absolute atomic E-state index is 0.00374. The second kappa shape index (κ2) is 18.8. The fourth-order valence-electron chi connectivity index (χ4n) is 5.43. The molecule has 0 radical (unpaired) electrons. The van der Waals surface area contributed by atoms with Gasteiger partial charge in [0.1, 0.15) is 0 Å². The van der Waals surface area contributed by atoms with Gasteiger partial charge in [-0.3, -0.25) is 0 Å². The van der Waals surface area contributed by atoms with Crippen LogP contribution in [0.5, 0.6) is 0 Å². The lowest BCUT2D eigenvalue weighted by Crippen LogP contribution is -2.28. The molecule has 0 fully saturated rings. The van der Waals surface area contributed by atoms with Crippen LogP contribution < -0.4 is 0 Å². The van der Waals surface area contributed by atoms with Crippen molar-refractivity contribution in [3.63, 3.8) is 0 Å². The van der Waals surface area contributed by atoms with Gasteiger partial charge in [-0.25, -0.2) is 0 Å². The van der Waals surface area contributed by atoms with Crippen molar-refractivity contribution in [2.45, 2.75) is 121 Å². The summed E-state index contributed by atoms with van der Waals surface area (Å²) in [6, 6.07) is 0. The molecule has 0 bridgehead atoms. The number of hydrogen-bond acceptors (Lipinski definition) is 2. The summed E-state index contributed by atoms with van der Waals surface area (Å²) in [6.45, 7) is 25.7. The van der Waals surface area contributed by atoms with Crippen molar-refractivity contribution >= 4 is 0 Å². The molecule has 0 saturated carbocycles. The third-order valence-electron chi connectivity index (χ3n) is 7.91. The van der Waals surface area contributed by atoms with Crippen LogP contribution in [0.4, 0.5) is 0 Å². The largest absolute Gasteiger partial charge is 0.393 e. The summed E-state index contributed by atoms with van der Waals surface area (Å²) in [4.78, 5) is 0. The zero-order chi connectivity index (χ0) is 33.5. The highest BCUT2D eigenvalue weighted by atomic mass is 16.3. The number of rotatable bonds is 13. The number of allylic oxidation sites excluding steroid dienone is 20. The standard InChI is InChI=1S/C42H62O2/c1-31(19-15-21-33(3)23-25-35(5)36(6)27-38(43)29-41(8,9)10)17-13-14-18-32(2)20-16-22-34(4)24-26-40-37(7)28-39(44)30-42(40,11)12/h13-26,38-39,43-44H,27-30H2,1-12H3/b14-13+,19-15+,20-16+,25-23+,26-24+,31-17+,32-18+,33-21+,34-22+,36-35+. The van der Waals surface area contributed by atoms with Crippen LogP contribution in [0.25, 0.3) is 0 Å². The topological polar surface area (TPSA) is 40.5 Å². The molecule has 1 rings (SSSR count). The van der Waals surface area contributed by atoms with Gasteiger partial charge in [-0.05, 0) is 90.6 Å². The molecule has 242 valence electrons. The van der Waals surface area contributed by atoms with Crippen LogP contribution in [0.1, 0.15) is 109 Å². The Morgan fingerprint density at radius 2 is 1.25 bits per heavy atom. The summed E-state index contributed by atoms with van der Waals surface area (Å²) >= 11 is 0. The Morgan fingerprint density at radius 3 is 1.75 bits per heavy atom. The van der Waals surface area contributed by atoms with Crippen LogP contribution in [0.15, 0.2) is 130 Å². The van der Waals surface area contributed by atoms with Crippen molar-refractivity contribution < 1.29 is 10.2 Å². The highest BCUT2D eigenvalue weighted by molar-refractivity contribution is 5.38. The molecule has 0 aromatic rings. The summed E-state index contributed by atoms with van der Waals surface area (Å²) in [5.74, 6) is 0. The van der Waals surface area contributed by atoms with E-state index in [1.807, 2.05) is 0 Å². The second-order valence-electron chi connectivity index (χ2n) is 14.6. The summed E-state index contributed by atoms with van der Waals surface area (Å²) < 4.78 is 0. The molecular weight excluding hydrogens is 536 g/mol. The molecule has 0 aromatic heterocycles. The molecule has 2 unspecified atom stereocenters. The normalized spacial score (nSPS) is 21.2. The van der Waals surface area contributed by atoms with Gasteiger partial charge in [-0.15, -0.1) is 0 Å². The third-order valence-corrected chi connectivity index (χ3v) is 7.91. The van der Waals surface area contributed by atoms with E-state index in [-0.39, 0.29) is 23.0 Å². The minimum atomic E-state index is -0.295. The van der Waals surface area contributed by atoms with Gasteiger partial charge < -0.3 is 10.2 Å². The van der Waals surface area contributed by atoms with Crippen LogP contribution in [0.3, 0.4) is 0 Å². The lowest BCUT2D eigenvalue weighted by Gasteiger charge is -2.35. The molecule has 2 N–H and O–H groups in total. The van der Waals surface area contributed by atoms with Gasteiger partial charge in [0.2, 0.25) is 0 Å². The highest BCUT2D eigenvalue weighted by Crippen LogP contribution is 2.41. The lowest BCUT2D eigenvalue weighted by atomic mass is 9.71. The Hall–Kier alpha value is -2.94. The molecule has 0 amide bonds. The van der Waals surface area contributed by atoms with Crippen LogP contribution in [0, 0.1) is 10.8 Å². The predicted octanol–water partition coefficient (Wildman–Crippen LogP) is 11.6. The maximum Gasteiger partial charge on any atom is 0.0585 e. The van der Waals surface area contributed by atoms with E-state index in [1.54, 1.807) is 0 Å². The van der Waals surface area contributed by atoms with Crippen LogP contribution in [0.2, 0.25) is 0 Å². The average molecular weight is 599 g/mol. The van der Waals surface area contributed by atoms with Gasteiger partial charge in [0.15, 0.2) is 0 Å². The quantitative estimate of drug-likeness (QED) is 0.207. The Bertz CT molecular complexity index is 1280.